The maximum atomic E-state index is 11.8. The number of hydrogen-bond donors (Lipinski definition) is 1. The quantitative estimate of drug-likeness (QED) is 0.906. The number of amides is 1. The van der Waals surface area contributed by atoms with Gasteiger partial charge in [0, 0.05) is 10.7 Å². The van der Waals surface area contributed by atoms with E-state index in [1.165, 1.54) is 0 Å². The highest BCUT2D eigenvalue weighted by molar-refractivity contribution is 6.30. The van der Waals surface area contributed by atoms with Crippen LogP contribution in [-0.4, -0.2) is 31.7 Å². The number of benzene rings is 1. The van der Waals surface area contributed by atoms with Crippen LogP contribution in [0.1, 0.15) is 12.8 Å². The second-order valence-corrected chi connectivity index (χ2v) is 4.78. The van der Waals surface area contributed by atoms with Gasteiger partial charge in [-0.25, -0.2) is 0 Å². The van der Waals surface area contributed by atoms with E-state index in [4.69, 9.17) is 22.1 Å². The van der Waals surface area contributed by atoms with Gasteiger partial charge in [-0.3, -0.25) is 4.79 Å². The van der Waals surface area contributed by atoms with E-state index in [1.54, 1.807) is 17.0 Å². The Morgan fingerprint density at radius 2 is 2.11 bits per heavy atom. The van der Waals surface area contributed by atoms with Gasteiger partial charge < -0.3 is 15.4 Å². The normalized spacial score (nSPS) is 20.2. The first-order valence-electron chi connectivity index (χ1n) is 6.08. The number of carbonyl (C=O) groups is 1. The maximum Gasteiger partial charge on any atom is 0.253 e. The molecule has 1 aromatic carbocycles. The number of anilines is 1. The fourth-order valence-corrected chi connectivity index (χ4v) is 2.14. The van der Waals surface area contributed by atoms with Gasteiger partial charge in [0.15, 0.2) is 0 Å². The lowest BCUT2D eigenvalue weighted by molar-refractivity contribution is -0.129. The van der Waals surface area contributed by atoms with Gasteiger partial charge in [-0.05, 0) is 43.7 Å². The molecule has 1 unspecified atom stereocenters. The third kappa shape index (κ3) is 3.22. The molecule has 1 saturated heterocycles. The number of ether oxygens (including phenoxy) is 1. The van der Waals surface area contributed by atoms with E-state index in [-0.39, 0.29) is 18.6 Å². The average molecular weight is 269 g/mol. The molecule has 0 saturated carbocycles. The minimum atomic E-state index is -0.0127. The predicted molar refractivity (Wildman–Crippen MR) is 71.8 cm³/mol. The molecular formula is C13H17ClN2O2. The summed E-state index contributed by atoms with van der Waals surface area (Å²) in [5.41, 5.74) is 6.35. The van der Waals surface area contributed by atoms with E-state index in [9.17, 15) is 4.79 Å². The summed E-state index contributed by atoms with van der Waals surface area (Å²) in [6.07, 6.45) is 1.86. The van der Waals surface area contributed by atoms with Crippen molar-refractivity contribution in [3.05, 3.63) is 29.3 Å². The lowest BCUT2D eigenvalue weighted by Crippen LogP contribution is -2.46. The molecule has 4 nitrogen and oxygen atoms in total. The van der Waals surface area contributed by atoms with Crippen LogP contribution in [-0.2, 0) is 9.53 Å². The molecule has 1 aliphatic heterocycles. The molecule has 0 radical (unpaired) electrons. The molecule has 2 N–H and O–H groups in total. The fourth-order valence-electron chi connectivity index (χ4n) is 2.02. The molecule has 1 fully saturated rings. The van der Waals surface area contributed by atoms with Crippen LogP contribution in [0.3, 0.4) is 0 Å². The van der Waals surface area contributed by atoms with Crippen molar-refractivity contribution < 1.29 is 9.53 Å². The summed E-state index contributed by atoms with van der Waals surface area (Å²) >= 11 is 5.84. The molecule has 0 bridgehead atoms. The molecular weight excluding hydrogens is 252 g/mol. The minimum Gasteiger partial charge on any atom is -0.367 e. The summed E-state index contributed by atoms with van der Waals surface area (Å²) in [6, 6.07) is 7.28. The molecule has 2 rings (SSSR count). The summed E-state index contributed by atoms with van der Waals surface area (Å²) in [7, 11) is 0. The Balaban J connectivity index is 2.05. The monoisotopic (exact) mass is 268 g/mol. The van der Waals surface area contributed by atoms with Gasteiger partial charge in [0.2, 0.25) is 0 Å². The van der Waals surface area contributed by atoms with Crippen molar-refractivity contribution >= 4 is 23.2 Å². The molecule has 1 amide bonds. The molecule has 5 heteroatoms. The van der Waals surface area contributed by atoms with Crippen molar-refractivity contribution in [1.29, 1.82) is 0 Å². The first-order valence-corrected chi connectivity index (χ1v) is 6.46. The molecule has 0 aromatic heterocycles. The largest absolute Gasteiger partial charge is 0.367 e. The molecule has 1 aliphatic rings. The number of carbonyl (C=O) groups excluding carboxylic acids is 1. The zero-order valence-electron chi connectivity index (χ0n) is 10.1. The number of halogens is 1. The highest BCUT2D eigenvalue weighted by Gasteiger charge is 2.26. The smallest absolute Gasteiger partial charge is 0.253 e. The first-order chi connectivity index (χ1) is 8.70. The number of hydrogen-bond acceptors (Lipinski definition) is 3. The standard InChI is InChI=1S/C13H17ClN2O2/c14-10-3-5-11(6-4-10)16-8-12(2-1-7-15)18-9-13(16)17/h3-6,12H,1-2,7-9,15H2. The number of nitrogens with two attached hydrogens (primary N) is 1. The van der Waals surface area contributed by atoms with E-state index in [0.717, 1.165) is 18.5 Å². The van der Waals surface area contributed by atoms with Crippen LogP contribution in [0.2, 0.25) is 5.02 Å². The Morgan fingerprint density at radius 1 is 1.39 bits per heavy atom. The number of morpholine rings is 1. The molecule has 1 heterocycles. The van der Waals surface area contributed by atoms with E-state index in [0.29, 0.717) is 18.1 Å². The Bertz CT molecular complexity index is 408. The van der Waals surface area contributed by atoms with Gasteiger partial charge in [-0.1, -0.05) is 11.6 Å². The SMILES string of the molecule is NCCCC1CN(c2ccc(Cl)cc2)C(=O)CO1. The highest BCUT2D eigenvalue weighted by Crippen LogP contribution is 2.22. The summed E-state index contributed by atoms with van der Waals surface area (Å²) < 4.78 is 5.49. The summed E-state index contributed by atoms with van der Waals surface area (Å²) in [5, 5.41) is 0.666. The third-order valence-electron chi connectivity index (χ3n) is 3.00. The molecule has 18 heavy (non-hydrogen) atoms. The Kier molecular flexibility index (Phi) is 4.58. The van der Waals surface area contributed by atoms with Crippen molar-refractivity contribution in [2.45, 2.75) is 18.9 Å². The Labute approximate surface area is 112 Å². The van der Waals surface area contributed by atoms with Crippen molar-refractivity contribution in [3.8, 4) is 0 Å². The van der Waals surface area contributed by atoms with Crippen LogP contribution in [0.4, 0.5) is 5.69 Å². The molecule has 1 atom stereocenters. The van der Waals surface area contributed by atoms with Crippen LogP contribution < -0.4 is 10.6 Å². The number of rotatable bonds is 4. The van der Waals surface area contributed by atoms with Crippen LogP contribution >= 0.6 is 11.6 Å². The topological polar surface area (TPSA) is 55.6 Å². The van der Waals surface area contributed by atoms with Gasteiger partial charge in [0.05, 0.1) is 12.6 Å². The predicted octanol–water partition coefficient (Wildman–Crippen LogP) is 1.81. The van der Waals surface area contributed by atoms with E-state index < -0.39 is 0 Å². The Hall–Kier alpha value is -1.10. The van der Waals surface area contributed by atoms with Crippen LogP contribution in [0.25, 0.3) is 0 Å². The van der Waals surface area contributed by atoms with Crippen LogP contribution in [0, 0.1) is 0 Å². The second-order valence-electron chi connectivity index (χ2n) is 4.34. The third-order valence-corrected chi connectivity index (χ3v) is 3.25. The van der Waals surface area contributed by atoms with Gasteiger partial charge in [-0.2, -0.15) is 0 Å². The molecule has 98 valence electrons. The van der Waals surface area contributed by atoms with Crippen molar-refractivity contribution in [1.82, 2.24) is 0 Å². The fraction of sp³-hybridized carbons (Fsp3) is 0.462. The minimum absolute atomic E-state index is 0.0127. The lowest BCUT2D eigenvalue weighted by atomic mass is 10.1. The second kappa shape index (κ2) is 6.18. The van der Waals surface area contributed by atoms with Crippen molar-refractivity contribution in [2.24, 2.45) is 5.73 Å². The zero-order chi connectivity index (χ0) is 13.0. The van der Waals surface area contributed by atoms with Gasteiger partial charge in [0.1, 0.15) is 6.61 Å². The zero-order valence-corrected chi connectivity index (χ0v) is 10.9. The van der Waals surface area contributed by atoms with E-state index in [1.807, 2.05) is 12.1 Å². The first kappa shape index (κ1) is 13.3. The Morgan fingerprint density at radius 3 is 2.78 bits per heavy atom. The summed E-state index contributed by atoms with van der Waals surface area (Å²) in [5.74, 6) is -0.0127. The summed E-state index contributed by atoms with van der Waals surface area (Å²) in [6.45, 7) is 1.37. The van der Waals surface area contributed by atoms with Gasteiger partial charge in [0.25, 0.3) is 5.91 Å². The molecule has 0 aliphatic carbocycles. The average Bonchev–Trinajstić information content (AvgIpc) is 2.39. The van der Waals surface area contributed by atoms with Crippen LogP contribution in [0.15, 0.2) is 24.3 Å². The van der Waals surface area contributed by atoms with E-state index in [2.05, 4.69) is 0 Å². The van der Waals surface area contributed by atoms with Gasteiger partial charge >= 0.3 is 0 Å². The van der Waals surface area contributed by atoms with Crippen molar-refractivity contribution in [2.75, 3.05) is 24.6 Å². The lowest BCUT2D eigenvalue weighted by Gasteiger charge is -2.32. The maximum absolute atomic E-state index is 11.8. The highest BCUT2D eigenvalue weighted by atomic mass is 35.5. The number of nitrogens with zero attached hydrogens (tertiary/aromatic N) is 1. The molecule has 1 aromatic rings. The van der Waals surface area contributed by atoms with E-state index >= 15 is 0 Å². The van der Waals surface area contributed by atoms with Crippen LogP contribution in [0.5, 0.6) is 0 Å². The molecule has 0 spiro atoms. The summed E-state index contributed by atoms with van der Waals surface area (Å²) in [4.78, 5) is 13.6. The van der Waals surface area contributed by atoms with Gasteiger partial charge in [-0.15, -0.1) is 0 Å². The van der Waals surface area contributed by atoms with Crippen molar-refractivity contribution in [3.63, 3.8) is 0 Å².